The molecule has 1 saturated heterocycles. The van der Waals surface area contributed by atoms with Crippen molar-refractivity contribution in [3.05, 3.63) is 120 Å². The minimum atomic E-state index is -0.866. The predicted molar refractivity (Wildman–Crippen MR) is 175 cm³/mol. The van der Waals surface area contributed by atoms with E-state index < -0.39 is 17.8 Å². The fourth-order valence-corrected chi connectivity index (χ4v) is 5.55. The zero-order valence-corrected chi connectivity index (χ0v) is 27.6. The van der Waals surface area contributed by atoms with Crippen LogP contribution in [0.25, 0.3) is 6.08 Å². The van der Waals surface area contributed by atoms with Crippen LogP contribution in [0.1, 0.15) is 16.7 Å². The van der Waals surface area contributed by atoms with Crippen LogP contribution in [0.4, 0.5) is 10.5 Å². The topological polar surface area (TPSA) is 94.2 Å². The molecule has 8 nitrogen and oxygen atoms in total. The Balaban J connectivity index is 1.33. The summed E-state index contributed by atoms with van der Waals surface area (Å²) in [5, 5.41) is 3.22. The van der Waals surface area contributed by atoms with Gasteiger partial charge in [0, 0.05) is 20.1 Å². The summed E-state index contributed by atoms with van der Waals surface area (Å²) in [6.45, 7) is 0.478. The Bertz CT molecular complexity index is 1780. The molecule has 0 aliphatic carbocycles. The summed E-state index contributed by atoms with van der Waals surface area (Å²) < 4.78 is 18.8. The third-order valence-corrected chi connectivity index (χ3v) is 8.17. The molecule has 1 fully saturated rings. The largest absolute Gasteiger partial charge is 0.493 e. The van der Waals surface area contributed by atoms with Crippen molar-refractivity contribution in [2.24, 2.45) is 0 Å². The van der Waals surface area contributed by atoms with E-state index in [-0.39, 0.29) is 17.9 Å². The number of benzene rings is 4. The van der Waals surface area contributed by atoms with Crippen molar-refractivity contribution in [1.82, 2.24) is 5.32 Å². The van der Waals surface area contributed by atoms with Gasteiger partial charge in [0.05, 0.1) is 17.3 Å². The summed E-state index contributed by atoms with van der Waals surface area (Å²) in [4.78, 5) is 39.8. The van der Waals surface area contributed by atoms with Gasteiger partial charge in [-0.3, -0.25) is 14.9 Å². The maximum Gasteiger partial charge on any atom is 0.335 e. The van der Waals surface area contributed by atoms with Gasteiger partial charge in [-0.2, -0.15) is 0 Å². The number of imide groups is 2. The highest BCUT2D eigenvalue weighted by molar-refractivity contribution is 9.10. The van der Waals surface area contributed by atoms with Crippen molar-refractivity contribution in [3.8, 4) is 17.2 Å². The maximum atomic E-state index is 13.4. The molecule has 1 heterocycles. The van der Waals surface area contributed by atoms with Gasteiger partial charge in [-0.25, -0.2) is 9.69 Å². The average molecular weight is 761 g/mol. The molecule has 44 heavy (non-hydrogen) atoms. The quantitative estimate of drug-likeness (QED) is 0.136. The normalized spacial score (nSPS) is 14.1. The number of anilines is 1. The molecule has 12 heteroatoms. The van der Waals surface area contributed by atoms with Gasteiger partial charge >= 0.3 is 6.03 Å². The second-order valence-electron chi connectivity index (χ2n) is 9.43. The van der Waals surface area contributed by atoms with Crippen LogP contribution in [0, 0.1) is 0 Å². The minimum absolute atomic E-state index is 0.187. The zero-order chi connectivity index (χ0) is 31.4. The van der Waals surface area contributed by atoms with E-state index in [0.29, 0.717) is 43.9 Å². The van der Waals surface area contributed by atoms with Crippen LogP contribution in [-0.2, 0) is 22.8 Å². The third-order valence-electron chi connectivity index (χ3n) is 6.47. The SMILES string of the molecule is COc1cc(/C=C2\C(=O)NC(=O)N(c3ccc(OCc4ccc(Cl)cc4Cl)cc3)C2=O)cc(Br)c1OCc1ccc(Br)cc1. The average Bonchev–Trinajstić information content (AvgIpc) is 2.99. The molecule has 1 aliphatic heterocycles. The third kappa shape index (κ3) is 7.27. The molecule has 0 bridgehead atoms. The highest BCUT2D eigenvalue weighted by Crippen LogP contribution is 2.38. The van der Waals surface area contributed by atoms with E-state index in [2.05, 4.69) is 37.2 Å². The van der Waals surface area contributed by atoms with Gasteiger partial charge in [0.1, 0.15) is 24.5 Å². The number of ether oxygens (including phenoxy) is 3. The van der Waals surface area contributed by atoms with Crippen LogP contribution < -0.4 is 24.4 Å². The lowest BCUT2D eigenvalue weighted by Gasteiger charge is -2.26. The van der Waals surface area contributed by atoms with Gasteiger partial charge in [0.25, 0.3) is 11.8 Å². The van der Waals surface area contributed by atoms with E-state index in [0.717, 1.165) is 20.5 Å². The van der Waals surface area contributed by atoms with E-state index in [1.165, 1.54) is 13.2 Å². The number of rotatable bonds is 9. The van der Waals surface area contributed by atoms with Gasteiger partial charge in [0.15, 0.2) is 11.5 Å². The fraction of sp³-hybridized carbons (Fsp3) is 0.0938. The van der Waals surface area contributed by atoms with E-state index in [1.54, 1.807) is 54.6 Å². The van der Waals surface area contributed by atoms with Gasteiger partial charge in [-0.15, -0.1) is 0 Å². The van der Waals surface area contributed by atoms with Gasteiger partial charge in [-0.1, -0.05) is 57.3 Å². The van der Waals surface area contributed by atoms with Gasteiger partial charge in [-0.05, 0) is 93.8 Å². The molecular formula is C32H22Br2Cl2N2O6. The van der Waals surface area contributed by atoms with Crippen LogP contribution in [0.5, 0.6) is 17.2 Å². The highest BCUT2D eigenvalue weighted by Gasteiger charge is 2.37. The number of carbonyl (C=O) groups is 3. The number of barbiturate groups is 1. The molecule has 4 amide bonds. The fourth-order valence-electron chi connectivity index (χ4n) is 4.25. The van der Waals surface area contributed by atoms with Crippen molar-refractivity contribution in [2.75, 3.05) is 12.0 Å². The molecule has 5 rings (SSSR count). The van der Waals surface area contributed by atoms with Gasteiger partial charge < -0.3 is 14.2 Å². The van der Waals surface area contributed by atoms with Gasteiger partial charge in [0.2, 0.25) is 0 Å². The lowest BCUT2D eigenvalue weighted by molar-refractivity contribution is -0.122. The maximum absolute atomic E-state index is 13.4. The van der Waals surface area contributed by atoms with Crippen LogP contribution in [0.2, 0.25) is 10.0 Å². The Morgan fingerprint density at radius 1 is 0.864 bits per heavy atom. The Labute approximate surface area is 279 Å². The summed E-state index contributed by atoms with van der Waals surface area (Å²) in [5.74, 6) is -0.284. The molecule has 0 spiro atoms. The van der Waals surface area contributed by atoms with Crippen LogP contribution in [0.3, 0.4) is 0 Å². The second kappa shape index (κ2) is 13.9. The number of halogens is 4. The molecule has 0 aromatic heterocycles. The molecule has 0 saturated carbocycles. The molecule has 0 atom stereocenters. The number of nitrogens with zero attached hydrogens (tertiary/aromatic N) is 1. The number of carbonyl (C=O) groups excluding carboxylic acids is 3. The first-order chi connectivity index (χ1) is 21.1. The molecule has 0 unspecified atom stereocenters. The first-order valence-electron chi connectivity index (χ1n) is 13.0. The van der Waals surface area contributed by atoms with Crippen molar-refractivity contribution in [1.29, 1.82) is 0 Å². The molecule has 1 aliphatic rings. The zero-order valence-electron chi connectivity index (χ0n) is 22.9. The van der Waals surface area contributed by atoms with Crippen molar-refractivity contribution < 1.29 is 28.6 Å². The van der Waals surface area contributed by atoms with Crippen LogP contribution >= 0.6 is 55.1 Å². The molecule has 0 radical (unpaired) electrons. The standard InChI is InChI=1S/C32H22Br2Cl2N2O6/c1-42-28-14-19(13-26(34)29(28)44-16-18-2-5-21(33)6-3-18)12-25-30(39)37-32(41)38(31(25)40)23-8-10-24(11-9-23)43-17-20-4-7-22(35)15-27(20)36/h2-15H,16-17H2,1H3,(H,37,39,41)/b25-12+. The molecule has 4 aromatic carbocycles. The second-order valence-corrected chi connectivity index (χ2v) is 12.0. The van der Waals surface area contributed by atoms with E-state index >= 15 is 0 Å². The minimum Gasteiger partial charge on any atom is -0.493 e. The summed E-state index contributed by atoms with van der Waals surface area (Å²) in [5.41, 5.74) is 2.18. The molecule has 1 N–H and O–H groups in total. The molecule has 4 aromatic rings. The first-order valence-corrected chi connectivity index (χ1v) is 15.3. The number of hydrogen-bond donors (Lipinski definition) is 1. The lowest BCUT2D eigenvalue weighted by Crippen LogP contribution is -2.54. The monoisotopic (exact) mass is 758 g/mol. The predicted octanol–water partition coefficient (Wildman–Crippen LogP) is 8.35. The number of methoxy groups -OCH3 is 1. The number of nitrogens with one attached hydrogen (secondary N) is 1. The Morgan fingerprint density at radius 3 is 2.27 bits per heavy atom. The summed E-state index contributed by atoms with van der Waals surface area (Å²) in [6.07, 6.45) is 1.39. The van der Waals surface area contributed by atoms with E-state index in [9.17, 15) is 14.4 Å². The Kier molecular flexibility index (Phi) is 9.95. The van der Waals surface area contributed by atoms with Crippen molar-refractivity contribution >= 4 is 84.7 Å². The lowest BCUT2D eigenvalue weighted by atomic mass is 10.1. The highest BCUT2D eigenvalue weighted by atomic mass is 79.9. The number of hydrogen-bond acceptors (Lipinski definition) is 6. The summed E-state index contributed by atoms with van der Waals surface area (Å²) in [6, 6.07) is 21.6. The summed E-state index contributed by atoms with van der Waals surface area (Å²) in [7, 11) is 1.49. The summed E-state index contributed by atoms with van der Waals surface area (Å²) >= 11 is 19.1. The number of urea groups is 1. The van der Waals surface area contributed by atoms with E-state index in [1.807, 2.05) is 24.3 Å². The molecular weight excluding hydrogens is 739 g/mol. The Morgan fingerprint density at radius 2 is 1.59 bits per heavy atom. The molecule has 224 valence electrons. The van der Waals surface area contributed by atoms with Crippen LogP contribution in [0.15, 0.2) is 93.4 Å². The Hall–Kier alpha value is -3.83. The smallest absolute Gasteiger partial charge is 0.335 e. The van der Waals surface area contributed by atoms with Crippen molar-refractivity contribution in [2.45, 2.75) is 13.2 Å². The van der Waals surface area contributed by atoms with E-state index in [4.69, 9.17) is 37.4 Å². The van der Waals surface area contributed by atoms with Crippen LogP contribution in [-0.4, -0.2) is 25.0 Å². The first kappa shape index (κ1) is 31.6. The van der Waals surface area contributed by atoms with Crippen molar-refractivity contribution in [3.63, 3.8) is 0 Å². The number of amides is 4.